The van der Waals surface area contributed by atoms with Gasteiger partial charge in [0.1, 0.15) is 6.33 Å². The summed E-state index contributed by atoms with van der Waals surface area (Å²) in [5.74, 6) is -0.589. The van der Waals surface area contributed by atoms with Crippen LogP contribution < -0.4 is 10.6 Å². The Hall–Kier alpha value is -1.69. The summed E-state index contributed by atoms with van der Waals surface area (Å²) >= 11 is 5.57. The van der Waals surface area contributed by atoms with Crippen molar-refractivity contribution in [2.24, 2.45) is 4.99 Å². The minimum atomic E-state index is -0.659. The summed E-state index contributed by atoms with van der Waals surface area (Å²) in [6, 6.07) is 0.200. The molecule has 0 aromatic carbocycles. The number of rotatable bonds is 6. The number of hydrogen-bond acceptors (Lipinski definition) is 5. The van der Waals surface area contributed by atoms with E-state index in [1.165, 1.54) is 6.33 Å². The third kappa shape index (κ3) is 5.21. The molecule has 1 aromatic heterocycles. The summed E-state index contributed by atoms with van der Waals surface area (Å²) < 4.78 is 13.6. The van der Waals surface area contributed by atoms with Crippen LogP contribution in [0.4, 0.5) is 10.2 Å². The van der Waals surface area contributed by atoms with Gasteiger partial charge in [-0.15, -0.1) is 0 Å². The fourth-order valence-corrected chi connectivity index (χ4v) is 1.35. The quantitative estimate of drug-likeness (QED) is 0.622. The lowest BCUT2D eigenvalue weighted by atomic mass is 10.3. The summed E-state index contributed by atoms with van der Waals surface area (Å²) in [4.78, 5) is 11.6. The van der Waals surface area contributed by atoms with Crippen molar-refractivity contribution in [1.82, 2.24) is 15.3 Å². The lowest BCUT2D eigenvalue weighted by Gasteiger charge is -2.08. The van der Waals surface area contributed by atoms with E-state index in [0.717, 1.165) is 5.57 Å². The van der Waals surface area contributed by atoms with E-state index >= 15 is 0 Å². The molecule has 1 rings (SSSR count). The van der Waals surface area contributed by atoms with Crippen LogP contribution in [0.5, 0.6) is 0 Å². The van der Waals surface area contributed by atoms with Gasteiger partial charge in [0.15, 0.2) is 11.0 Å². The highest BCUT2D eigenvalue weighted by atomic mass is 35.5. The van der Waals surface area contributed by atoms with Crippen LogP contribution >= 0.6 is 11.6 Å². The van der Waals surface area contributed by atoms with Gasteiger partial charge in [0.25, 0.3) is 0 Å². The van der Waals surface area contributed by atoms with Crippen LogP contribution in [0.25, 0.3) is 0 Å². The predicted octanol–water partition coefficient (Wildman–Crippen LogP) is 2.26. The van der Waals surface area contributed by atoms with Crippen LogP contribution in [-0.4, -0.2) is 35.8 Å². The maximum absolute atomic E-state index is 13.6. The van der Waals surface area contributed by atoms with Crippen molar-refractivity contribution < 1.29 is 4.39 Å². The zero-order valence-corrected chi connectivity index (χ0v) is 11.9. The van der Waals surface area contributed by atoms with Crippen LogP contribution in [-0.2, 0) is 0 Å². The minimum Gasteiger partial charge on any atom is -0.394 e. The molecule has 0 atom stereocenters. The third-order valence-electron chi connectivity index (χ3n) is 2.08. The summed E-state index contributed by atoms with van der Waals surface area (Å²) in [7, 11) is 1.78. The van der Waals surface area contributed by atoms with Gasteiger partial charge < -0.3 is 10.6 Å². The number of aliphatic imine (C=N–C) groups is 1. The molecule has 104 valence electrons. The number of nitrogens with zero attached hydrogens (tertiary/aromatic N) is 3. The first-order chi connectivity index (χ1) is 9.04. The van der Waals surface area contributed by atoms with Crippen molar-refractivity contribution in [3.8, 4) is 0 Å². The molecule has 2 N–H and O–H groups in total. The standard InChI is InChI=1S/C12H17ClFN5/c1-8(2)16-5-9(4-15-3)6-17-12-10(14)11(13)18-7-19-12/h4-5,7-8,15H,6H2,1-3H3,(H,17,18,19)/b9-4+,16-5-. The van der Waals surface area contributed by atoms with Gasteiger partial charge in [-0.05, 0) is 13.8 Å². The molecule has 0 radical (unpaired) electrons. The first-order valence-corrected chi connectivity index (χ1v) is 6.21. The van der Waals surface area contributed by atoms with Crippen molar-refractivity contribution in [2.75, 3.05) is 18.9 Å². The molecule has 0 spiro atoms. The van der Waals surface area contributed by atoms with E-state index in [-0.39, 0.29) is 17.0 Å². The minimum absolute atomic E-state index is 0.0694. The Balaban J connectivity index is 2.72. The Morgan fingerprint density at radius 2 is 2.26 bits per heavy atom. The van der Waals surface area contributed by atoms with Gasteiger partial charge in [0.2, 0.25) is 5.82 Å². The predicted molar refractivity (Wildman–Crippen MR) is 76.3 cm³/mol. The molecule has 1 aromatic rings. The second-order valence-electron chi connectivity index (χ2n) is 4.06. The fraction of sp³-hybridized carbons (Fsp3) is 0.417. The van der Waals surface area contributed by atoms with Crippen LogP contribution in [0.3, 0.4) is 0 Å². The second-order valence-corrected chi connectivity index (χ2v) is 4.42. The van der Waals surface area contributed by atoms with E-state index in [0.29, 0.717) is 6.54 Å². The molecule has 0 fully saturated rings. The summed E-state index contributed by atoms with van der Waals surface area (Å²) in [5, 5.41) is 5.56. The first-order valence-electron chi connectivity index (χ1n) is 5.84. The third-order valence-corrected chi connectivity index (χ3v) is 2.34. The normalized spacial score (nSPS) is 12.2. The van der Waals surface area contributed by atoms with Crippen LogP contribution in [0.15, 0.2) is 23.1 Å². The monoisotopic (exact) mass is 285 g/mol. The molecule has 5 nitrogen and oxygen atoms in total. The van der Waals surface area contributed by atoms with E-state index in [2.05, 4.69) is 25.6 Å². The second kappa shape index (κ2) is 7.68. The molecule has 0 amide bonds. The molecule has 0 saturated heterocycles. The molecule has 1 heterocycles. The maximum Gasteiger partial charge on any atom is 0.202 e. The number of anilines is 1. The molecule has 0 unspecified atom stereocenters. The first kappa shape index (κ1) is 15.4. The zero-order chi connectivity index (χ0) is 14.3. The van der Waals surface area contributed by atoms with Crippen molar-refractivity contribution >= 4 is 23.6 Å². The molecule has 0 bridgehead atoms. The highest BCUT2D eigenvalue weighted by molar-refractivity contribution is 6.29. The zero-order valence-electron chi connectivity index (χ0n) is 11.1. The largest absolute Gasteiger partial charge is 0.394 e. The lowest BCUT2D eigenvalue weighted by Crippen LogP contribution is -2.12. The van der Waals surface area contributed by atoms with Gasteiger partial charge in [-0.3, -0.25) is 4.99 Å². The Morgan fingerprint density at radius 3 is 2.89 bits per heavy atom. The summed E-state index contributed by atoms with van der Waals surface area (Å²) in [5.41, 5.74) is 0.866. The molecular weight excluding hydrogens is 269 g/mol. The van der Waals surface area contributed by atoms with Gasteiger partial charge in [-0.25, -0.2) is 9.97 Å². The molecule has 7 heteroatoms. The van der Waals surface area contributed by atoms with Gasteiger partial charge in [0.05, 0.1) is 0 Å². The molecule has 0 aliphatic rings. The molecule has 0 aliphatic heterocycles. The Bertz CT molecular complexity index is 473. The number of halogens is 2. The van der Waals surface area contributed by atoms with E-state index in [1.807, 2.05) is 13.8 Å². The highest BCUT2D eigenvalue weighted by Gasteiger charge is 2.08. The van der Waals surface area contributed by atoms with Crippen molar-refractivity contribution in [3.05, 3.63) is 29.1 Å². The Kier molecular flexibility index (Phi) is 6.21. The molecule has 19 heavy (non-hydrogen) atoms. The fourth-order valence-electron chi connectivity index (χ4n) is 1.22. The lowest BCUT2D eigenvalue weighted by molar-refractivity contribution is 0.618. The van der Waals surface area contributed by atoms with E-state index in [1.54, 1.807) is 19.5 Å². The van der Waals surface area contributed by atoms with Crippen molar-refractivity contribution in [3.63, 3.8) is 0 Å². The van der Waals surface area contributed by atoms with Crippen molar-refractivity contribution in [2.45, 2.75) is 19.9 Å². The highest BCUT2D eigenvalue weighted by Crippen LogP contribution is 2.16. The maximum atomic E-state index is 13.6. The topological polar surface area (TPSA) is 62.2 Å². The van der Waals surface area contributed by atoms with Gasteiger partial charge in [0, 0.05) is 37.6 Å². The van der Waals surface area contributed by atoms with Gasteiger partial charge in [-0.1, -0.05) is 11.6 Å². The van der Waals surface area contributed by atoms with Crippen LogP contribution in [0.2, 0.25) is 5.15 Å². The van der Waals surface area contributed by atoms with E-state index in [9.17, 15) is 4.39 Å². The number of nitrogens with one attached hydrogen (secondary N) is 2. The number of aromatic nitrogens is 2. The van der Waals surface area contributed by atoms with Crippen LogP contribution in [0.1, 0.15) is 13.8 Å². The summed E-state index contributed by atoms with van der Waals surface area (Å²) in [6.07, 6.45) is 4.71. The molecule has 0 aliphatic carbocycles. The Morgan fingerprint density at radius 1 is 1.53 bits per heavy atom. The summed E-state index contributed by atoms with van der Waals surface area (Å²) in [6.45, 7) is 4.33. The number of hydrogen-bond donors (Lipinski definition) is 2. The average Bonchev–Trinajstić information content (AvgIpc) is 2.37. The molecular formula is C12H17ClFN5. The van der Waals surface area contributed by atoms with E-state index < -0.39 is 5.82 Å². The van der Waals surface area contributed by atoms with Gasteiger partial charge in [-0.2, -0.15) is 4.39 Å². The SMILES string of the molecule is CN/C=C(\C=N/C(C)C)CNc1ncnc(Cl)c1F. The molecule has 0 saturated carbocycles. The van der Waals surface area contributed by atoms with Crippen molar-refractivity contribution in [1.29, 1.82) is 0 Å². The Labute approximate surface area is 117 Å². The average molecular weight is 286 g/mol. The smallest absolute Gasteiger partial charge is 0.202 e. The van der Waals surface area contributed by atoms with Gasteiger partial charge >= 0.3 is 0 Å². The van der Waals surface area contributed by atoms with E-state index in [4.69, 9.17) is 11.6 Å². The van der Waals surface area contributed by atoms with Crippen LogP contribution in [0, 0.1) is 5.82 Å².